The van der Waals surface area contributed by atoms with Crippen LogP contribution in [-0.2, 0) is 9.53 Å². The van der Waals surface area contributed by atoms with E-state index in [0.717, 1.165) is 16.8 Å². The molecule has 0 bridgehead atoms. The van der Waals surface area contributed by atoms with E-state index in [0.29, 0.717) is 19.0 Å². The Bertz CT molecular complexity index is 781. The number of aromatic nitrogens is 3. The molecule has 0 saturated carbocycles. The summed E-state index contributed by atoms with van der Waals surface area (Å²) in [6.45, 7) is 4.48. The summed E-state index contributed by atoms with van der Waals surface area (Å²) >= 11 is 0. The van der Waals surface area contributed by atoms with Crippen LogP contribution in [0.25, 0.3) is 11.4 Å². The monoisotopic (exact) mass is 341 g/mol. The third kappa shape index (κ3) is 3.90. The zero-order valence-electron chi connectivity index (χ0n) is 14.1. The summed E-state index contributed by atoms with van der Waals surface area (Å²) in [4.78, 5) is 37.8. The molecule has 130 valence electrons. The number of aryl methyl sites for hydroxylation is 1. The van der Waals surface area contributed by atoms with Gasteiger partial charge in [0.1, 0.15) is 13.2 Å². The molecule has 2 aromatic rings. The van der Waals surface area contributed by atoms with Gasteiger partial charge in [-0.3, -0.25) is 14.7 Å². The fourth-order valence-electron chi connectivity index (χ4n) is 2.65. The molecule has 2 amide bonds. The van der Waals surface area contributed by atoms with Gasteiger partial charge in [0.05, 0.1) is 12.6 Å². The Labute approximate surface area is 145 Å². The van der Waals surface area contributed by atoms with Gasteiger partial charge in [0, 0.05) is 35.4 Å². The maximum atomic E-state index is 12.1. The highest BCUT2D eigenvalue weighted by Crippen LogP contribution is 2.19. The van der Waals surface area contributed by atoms with Crippen molar-refractivity contribution in [2.45, 2.75) is 19.9 Å². The van der Waals surface area contributed by atoms with Crippen LogP contribution in [-0.4, -0.2) is 51.5 Å². The van der Waals surface area contributed by atoms with Crippen molar-refractivity contribution in [2.75, 3.05) is 19.7 Å². The Morgan fingerprint density at radius 1 is 1.40 bits per heavy atom. The molecule has 1 fully saturated rings. The molecule has 8 heteroatoms. The number of carbonyl (C=O) groups excluding carboxylic acids is 2. The first-order chi connectivity index (χ1) is 12.0. The molecule has 1 N–H and O–H groups in total. The normalized spacial score (nSPS) is 15.0. The second-order valence-corrected chi connectivity index (χ2v) is 5.80. The summed E-state index contributed by atoms with van der Waals surface area (Å²) in [5, 5.41) is 2.87. The van der Waals surface area contributed by atoms with Crippen LogP contribution in [0.15, 0.2) is 30.7 Å². The van der Waals surface area contributed by atoms with Gasteiger partial charge in [-0.1, -0.05) is 0 Å². The highest BCUT2D eigenvalue weighted by molar-refractivity contribution is 5.83. The van der Waals surface area contributed by atoms with Crippen LogP contribution in [0.2, 0.25) is 0 Å². The third-order valence-corrected chi connectivity index (χ3v) is 3.98. The maximum Gasteiger partial charge on any atom is 0.410 e. The van der Waals surface area contributed by atoms with Gasteiger partial charge in [-0.15, -0.1) is 0 Å². The third-order valence-electron chi connectivity index (χ3n) is 3.98. The standard InChI is InChI=1S/C17H19N5O3/c1-11(20-15(23)10-22-7-8-25-17(22)24)14-9-19-16(21-12(14)2)13-3-5-18-6-4-13/h3-6,9,11H,7-8,10H2,1-2H3,(H,20,23). The molecule has 25 heavy (non-hydrogen) atoms. The largest absolute Gasteiger partial charge is 0.448 e. The van der Waals surface area contributed by atoms with Gasteiger partial charge in [-0.25, -0.2) is 14.8 Å². The van der Waals surface area contributed by atoms with E-state index in [1.54, 1.807) is 18.6 Å². The molecular weight excluding hydrogens is 322 g/mol. The van der Waals surface area contributed by atoms with Gasteiger partial charge in [-0.2, -0.15) is 0 Å². The molecule has 0 aliphatic carbocycles. The lowest BCUT2D eigenvalue weighted by atomic mass is 10.1. The Kier molecular flexibility index (Phi) is 4.87. The summed E-state index contributed by atoms with van der Waals surface area (Å²) in [7, 11) is 0. The first-order valence-corrected chi connectivity index (χ1v) is 7.99. The number of cyclic esters (lactones) is 1. The van der Waals surface area contributed by atoms with E-state index >= 15 is 0 Å². The number of carbonyl (C=O) groups is 2. The molecular formula is C17H19N5O3. The molecule has 2 aromatic heterocycles. The first kappa shape index (κ1) is 16.8. The average molecular weight is 341 g/mol. The molecule has 1 saturated heterocycles. The lowest BCUT2D eigenvalue weighted by Crippen LogP contribution is -2.38. The minimum atomic E-state index is -0.455. The van der Waals surface area contributed by atoms with Crippen LogP contribution in [0.4, 0.5) is 4.79 Å². The van der Waals surface area contributed by atoms with E-state index in [4.69, 9.17) is 4.74 Å². The van der Waals surface area contributed by atoms with Crippen molar-refractivity contribution in [1.29, 1.82) is 0 Å². The Hall–Kier alpha value is -3.03. The number of nitrogens with zero attached hydrogens (tertiary/aromatic N) is 4. The second kappa shape index (κ2) is 7.25. The Morgan fingerprint density at radius 2 is 2.16 bits per heavy atom. The molecule has 1 unspecified atom stereocenters. The van der Waals surface area contributed by atoms with Gasteiger partial charge < -0.3 is 10.1 Å². The van der Waals surface area contributed by atoms with Gasteiger partial charge in [-0.05, 0) is 26.0 Å². The van der Waals surface area contributed by atoms with Crippen molar-refractivity contribution >= 4 is 12.0 Å². The number of ether oxygens (including phenoxy) is 1. The fraction of sp³-hybridized carbons (Fsp3) is 0.353. The number of pyridine rings is 1. The number of amides is 2. The highest BCUT2D eigenvalue weighted by Gasteiger charge is 2.25. The molecule has 3 heterocycles. The van der Waals surface area contributed by atoms with E-state index in [1.165, 1.54) is 4.90 Å². The Morgan fingerprint density at radius 3 is 2.80 bits per heavy atom. The van der Waals surface area contributed by atoms with Gasteiger partial charge in [0.15, 0.2) is 5.82 Å². The lowest BCUT2D eigenvalue weighted by molar-refractivity contribution is -0.122. The lowest BCUT2D eigenvalue weighted by Gasteiger charge is -2.18. The first-order valence-electron chi connectivity index (χ1n) is 7.99. The van der Waals surface area contributed by atoms with E-state index in [1.807, 2.05) is 26.0 Å². The van der Waals surface area contributed by atoms with Crippen LogP contribution < -0.4 is 5.32 Å². The average Bonchev–Trinajstić information content (AvgIpc) is 3.00. The van der Waals surface area contributed by atoms with E-state index in [-0.39, 0.29) is 18.5 Å². The minimum absolute atomic E-state index is 0.0157. The summed E-state index contributed by atoms with van der Waals surface area (Å²) in [5.41, 5.74) is 2.50. The van der Waals surface area contributed by atoms with Crippen LogP contribution >= 0.6 is 0 Å². The number of hydrogen-bond acceptors (Lipinski definition) is 6. The topological polar surface area (TPSA) is 97.3 Å². The van der Waals surface area contributed by atoms with Crippen molar-refractivity contribution in [2.24, 2.45) is 0 Å². The van der Waals surface area contributed by atoms with E-state index < -0.39 is 6.09 Å². The van der Waals surface area contributed by atoms with Crippen molar-refractivity contribution in [3.05, 3.63) is 42.0 Å². The van der Waals surface area contributed by atoms with Crippen molar-refractivity contribution in [3.8, 4) is 11.4 Å². The molecule has 3 rings (SSSR count). The molecule has 1 atom stereocenters. The smallest absolute Gasteiger partial charge is 0.410 e. The minimum Gasteiger partial charge on any atom is -0.448 e. The predicted molar refractivity (Wildman–Crippen MR) is 89.5 cm³/mol. The maximum absolute atomic E-state index is 12.1. The summed E-state index contributed by atoms with van der Waals surface area (Å²) in [5.74, 6) is 0.367. The van der Waals surface area contributed by atoms with Crippen molar-refractivity contribution < 1.29 is 14.3 Å². The highest BCUT2D eigenvalue weighted by atomic mass is 16.6. The van der Waals surface area contributed by atoms with Crippen LogP contribution in [0.1, 0.15) is 24.2 Å². The van der Waals surface area contributed by atoms with Crippen molar-refractivity contribution in [1.82, 2.24) is 25.2 Å². The zero-order chi connectivity index (χ0) is 17.8. The van der Waals surface area contributed by atoms with Crippen LogP contribution in [0, 0.1) is 6.92 Å². The SMILES string of the molecule is Cc1nc(-c2ccncc2)ncc1C(C)NC(=O)CN1CCOC1=O. The molecule has 8 nitrogen and oxygen atoms in total. The molecule has 1 aliphatic rings. The quantitative estimate of drug-likeness (QED) is 0.884. The molecule has 0 aromatic carbocycles. The molecule has 1 aliphatic heterocycles. The van der Waals surface area contributed by atoms with Gasteiger partial charge in [0.25, 0.3) is 0 Å². The number of rotatable bonds is 5. The fourth-order valence-corrected chi connectivity index (χ4v) is 2.65. The number of hydrogen-bond donors (Lipinski definition) is 1. The van der Waals surface area contributed by atoms with E-state index in [9.17, 15) is 9.59 Å². The van der Waals surface area contributed by atoms with Crippen molar-refractivity contribution in [3.63, 3.8) is 0 Å². The van der Waals surface area contributed by atoms with Gasteiger partial charge >= 0.3 is 6.09 Å². The van der Waals surface area contributed by atoms with E-state index in [2.05, 4.69) is 20.3 Å². The predicted octanol–water partition coefficient (Wildman–Crippen LogP) is 1.48. The summed E-state index contributed by atoms with van der Waals surface area (Å²) < 4.78 is 4.81. The summed E-state index contributed by atoms with van der Waals surface area (Å²) in [6.07, 6.45) is 4.64. The number of nitrogens with one attached hydrogen (secondary N) is 1. The summed E-state index contributed by atoms with van der Waals surface area (Å²) in [6, 6.07) is 3.42. The Balaban J connectivity index is 1.66. The zero-order valence-corrected chi connectivity index (χ0v) is 14.1. The van der Waals surface area contributed by atoms with Crippen LogP contribution in [0.3, 0.4) is 0 Å². The second-order valence-electron chi connectivity index (χ2n) is 5.80. The molecule has 0 radical (unpaired) electrons. The van der Waals surface area contributed by atoms with Crippen LogP contribution in [0.5, 0.6) is 0 Å². The molecule has 0 spiro atoms. The van der Waals surface area contributed by atoms with Gasteiger partial charge in [0.2, 0.25) is 5.91 Å².